The van der Waals surface area contributed by atoms with Crippen molar-refractivity contribution in [1.82, 2.24) is 9.80 Å². The Morgan fingerprint density at radius 1 is 1.12 bits per heavy atom. The Labute approximate surface area is 149 Å². The van der Waals surface area contributed by atoms with Crippen LogP contribution >= 0.6 is 0 Å². The second-order valence-electron chi connectivity index (χ2n) is 6.74. The first-order valence-electron chi connectivity index (χ1n) is 8.80. The van der Waals surface area contributed by atoms with Crippen molar-refractivity contribution in [2.24, 2.45) is 5.92 Å². The van der Waals surface area contributed by atoms with Crippen molar-refractivity contribution in [3.63, 3.8) is 0 Å². The highest BCUT2D eigenvalue weighted by Gasteiger charge is 2.23. The fraction of sp³-hybridized carbons (Fsp3) is 0.579. The largest absolute Gasteiger partial charge is 0.449 e. The molecule has 6 nitrogen and oxygen atoms in total. The van der Waals surface area contributed by atoms with Crippen LogP contribution in [0.5, 0.6) is 0 Å². The topological polar surface area (TPSA) is 59.1 Å². The van der Waals surface area contributed by atoms with Gasteiger partial charge in [0.15, 0.2) is 0 Å². The van der Waals surface area contributed by atoms with Crippen LogP contribution in [0.4, 0.5) is 4.79 Å². The molecule has 0 N–H and O–H groups in total. The van der Waals surface area contributed by atoms with Gasteiger partial charge in [0.25, 0.3) is 5.91 Å². The number of rotatable bonds is 5. The van der Waals surface area contributed by atoms with E-state index in [1.165, 1.54) is 0 Å². The van der Waals surface area contributed by atoms with Gasteiger partial charge in [-0.1, -0.05) is 26.0 Å². The normalized spacial score (nSPS) is 15.2. The van der Waals surface area contributed by atoms with Crippen molar-refractivity contribution in [3.05, 3.63) is 35.4 Å². The first-order chi connectivity index (χ1) is 12.0. The Morgan fingerprint density at radius 3 is 2.56 bits per heavy atom. The van der Waals surface area contributed by atoms with E-state index in [0.29, 0.717) is 50.9 Å². The molecule has 0 radical (unpaired) electrons. The maximum absolute atomic E-state index is 12.8. The number of hydrogen-bond acceptors (Lipinski definition) is 4. The molecule has 0 bridgehead atoms. The molecular formula is C19H28N2O4. The van der Waals surface area contributed by atoms with E-state index in [-0.39, 0.29) is 12.0 Å². The summed E-state index contributed by atoms with van der Waals surface area (Å²) in [5.41, 5.74) is 1.63. The summed E-state index contributed by atoms with van der Waals surface area (Å²) in [6.45, 7) is 7.19. The van der Waals surface area contributed by atoms with Crippen molar-refractivity contribution in [3.8, 4) is 0 Å². The van der Waals surface area contributed by atoms with Crippen LogP contribution in [0.2, 0.25) is 0 Å². The summed E-state index contributed by atoms with van der Waals surface area (Å²) < 4.78 is 10.4. The SMILES string of the molecule is COCc1cccc(C(=O)N2CCCN(C(=O)OCC(C)C)CC2)c1. The highest BCUT2D eigenvalue weighted by atomic mass is 16.6. The lowest BCUT2D eigenvalue weighted by Crippen LogP contribution is -2.38. The van der Waals surface area contributed by atoms with Crippen molar-refractivity contribution in [2.75, 3.05) is 39.9 Å². The van der Waals surface area contributed by atoms with Gasteiger partial charge in [-0.3, -0.25) is 4.79 Å². The molecule has 25 heavy (non-hydrogen) atoms. The number of nitrogens with zero attached hydrogens (tertiary/aromatic N) is 2. The van der Waals surface area contributed by atoms with Crippen LogP contribution in [0.1, 0.15) is 36.2 Å². The number of hydrogen-bond donors (Lipinski definition) is 0. The second kappa shape index (κ2) is 9.42. The zero-order chi connectivity index (χ0) is 18.2. The van der Waals surface area contributed by atoms with Crippen LogP contribution in [0.3, 0.4) is 0 Å². The Hall–Kier alpha value is -2.08. The van der Waals surface area contributed by atoms with Gasteiger partial charge in [-0.15, -0.1) is 0 Å². The molecule has 2 rings (SSSR count). The van der Waals surface area contributed by atoms with Gasteiger partial charge in [-0.25, -0.2) is 4.79 Å². The highest BCUT2D eigenvalue weighted by molar-refractivity contribution is 5.94. The van der Waals surface area contributed by atoms with E-state index in [0.717, 1.165) is 12.0 Å². The molecule has 2 amide bonds. The molecule has 1 aromatic carbocycles. The summed E-state index contributed by atoms with van der Waals surface area (Å²) in [4.78, 5) is 28.4. The Bertz CT molecular complexity index is 589. The average Bonchev–Trinajstić information content (AvgIpc) is 2.85. The third kappa shape index (κ3) is 5.74. The van der Waals surface area contributed by atoms with E-state index in [1.54, 1.807) is 12.0 Å². The number of amides is 2. The van der Waals surface area contributed by atoms with Gasteiger partial charge in [-0.2, -0.15) is 0 Å². The first-order valence-corrected chi connectivity index (χ1v) is 8.80. The summed E-state index contributed by atoms with van der Waals surface area (Å²) >= 11 is 0. The van der Waals surface area contributed by atoms with Crippen LogP contribution in [0.25, 0.3) is 0 Å². The molecule has 0 aliphatic carbocycles. The van der Waals surface area contributed by atoms with Gasteiger partial charge in [-0.05, 0) is 30.0 Å². The zero-order valence-electron chi connectivity index (χ0n) is 15.4. The first kappa shape index (κ1) is 19.2. The van der Waals surface area contributed by atoms with Crippen LogP contribution < -0.4 is 0 Å². The Morgan fingerprint density at radius 2 is 1.84 bits per heavy atom. The molecule has 1 fully saturated rings. The monoisotopic (exact) mass is 348 g/mol. The molecule has 0 aromatic heterocycles. The molecule has 0 atom stereocenters. The average molecular weight is 348 g/mol. The Kier molecular flexibility index (Phi) is 7.25. The van der Waals surface area contributed by atoms with Gasteiger partial charge in [0.1, 0.15) is 0 Å². The zero-order valence-corrected chi connectivity index (χ0v) is 15.4. The van der Waals surface area contributed by atoms with Gasteiger partial charge < -0.3 is 19.3 Å². The molecule has 6 heteroatoms. The molecule has 1 aromatic rings. The maximum atomic E-state index is 12.8. The van der Waals surface area contributed by atoms with Crippen molar-refractivity contribution < 1.29 is 19.1 Å². The van der Waals surface area contributed by atoms with Crippen LogP contribution in [-0.4, -0.2) is 61.7 Å². The third-order valence-corrected chi connectivity index (χ3v) is 4.07. The van der Waals surface area contributed by atoms with E-state index in [9.17, 15) is 9.59 Å². The number of methoxy groups -OCH3 is 1. The van der Waals surface area contributed by atoms with Crippen molar-refractivity contribution in [2.45, 2.75) is 26.9 Å². The quantitative estimate of drug-likeness (QED) is 0.821. The molecule has 0 saturated carbocycles. The Balaban J connectivity index is 1.94. The van der Waals surface area contributed by atoms with E-state index < -0.39 is 0 Å². The predicted molar refractivity (Wildman–Crippen MR) is 95.4 cm³/mol. The number of carbonyl (C=O) groups excluding carboxylic acids is 2. The van der Waals surface area contributed by atoms with Crippen LogP contribution in [0, 0.1) is 5.92 Å². The van der Waals surface area contributed by atoms with Crippen LogP contribution in [-0.2, 0) is 16.1 Å². The number of benzene rings is 1. The molecule has 1 heterocycles. The van der Waals surface area contributed by atoms with E-state index in [4.69, 9.17) is 9.47 Å². The lowest BCUT2D eigenvalue weighted by Gasteiger charge is -2.22. The smallest absolute Gasteiger partial charge is 0.409 e. The second-order valence-corrected chi connectivity index (χ2v) is 6.74. The third-order valence-electron chi connectivity index (χ3n) is 4.07. The molecule has 138 valence electrons. The fourth-order valence-corrected chi connectivity index (χ4v) is 2.78. The minimum atomic E-state index is -0.287. The lowest BCUT2D eigenvalue weighted by molar-refractivity contribution is 0.0746. The summed E-state index contributed by atoms with van der Waals surface area (Å²) in [5, 5.41) is 0. The molecular weight excluding hydrogens is 320 g/mol. The number of ether oxygens (including phenoxy) is 2. The summed E-state index contributed by atoms with van der Waals surface area (Å²) in [5.74, 6) is 0.309. The summed E-state index contributed by atoms with van der Waals surface area (Å²) in [7, 11) is 1.64. The highest BCUT2D eigenvalue weighted by Crippen LogP contribution is 2.13. The van der Waals surface area contributed by atoms with Gasteiger partial charge in [0, 0.05) is 38.9 Å². The minimum absolute atomic E-state index is 0.00430. The lowest BCUT2D eigenvalue weighted by atomic mass is 10.1. The number of carbonyl (C=O) groups is 2. The maximum Gasteiger partial charge on any atom is 0.409 e. The molecule has 1 aliphatic rings. The van der Waals surface area contributed by atoms with Gasteiger partial charge in [0.05, 0.1) is 13.2 Å². The van der Waals surface area contributed by atoms with Gasteiger partial charge >= 0.3 is 6.09 Å². The molecule has 1 saturated heterocycles. The summed E-state index contributed by atoms with van der Waals surface area (Å²) in [6.07, 6.45) is 0.463. The van der Waals surface area contributed by atoms with Crippen molar-refractivity contribution >= 4 is 12.0 Å². The van der Waals surface area contributed by atoms with E-state index in [2.05, 4.69) is 0 Å². The van der Waals surface area contributed by atoms with Crippen molar-refractivity contribution in [1.29, 1.82) is 0 Å². The van der Waals surface area contributed by atoms with E-state index in [1.807, 2.05) is 43.0 Å². The molecule has 0 spiro atoms. The van der Waals surface area contributed by atoms with E-state index >= 15 is 0 Å². The van der Waals surface area contributed by atoms with Gasteiger partial charge in [0.2, 0.25) is 0 Å². The summed E-state index contributed by atoms with van der Waals surface area (Å²) in [6, 6.07) is 7.50. The molecule has 0 unspecified atom stereocenters. The minimum Gasteiger partial charge on any atom is -0.449 e. The fourth-order valence-electron chi connectivity index (χ4n) is 2.78. The standard InChI is InChI=1S/C19H28N2O4/c1-15(2)13-25-19(23)21-9-5-8-20(10-11-21)18(22)17-7-4-6-16(12-17)14-24-3/h4,6-7,12,15H,5,8-11,13-14H2,1-3H3. The van der Waals surface area contributed by atoms with Crippen LogP contribution in [0.15, 0.2) is 24.3 Å². The molecule has 1 aliphatic heterocycles. The predicted octanol–water partition coefficient (Wildman–Crippen LogP) is 2.77.